The van der Waals surface area contributed by atoms with Crippen LogP contribution in [0, 0.1) is 0 Å². The second kappa shape index (κ2) is 4.32. The van der Waals surface area contributed by atoms with E-state index in [1.165, 1.54) is 18.6 Å². The molecule has 0 saturated heterocycles. The summed E-state index contributed by atoms with van der Waals surface area (Å²) in [6.45, 7) is 3.91. The standard InChI is InChI=1S/C9H17N3O2S/c1-4-9(10)7(2)12-6-8(5-11-12)15(3,13)14/h5-7,9H,4,10H2,1-3H3. The average molecular weight is 231 g/mol. The van der Waals surface area contributed by atoms with E-state index in [1.54, 1.807) is 4.68 Å². The molecule has 86 valence electrons. The quantitative estimate of drug-likeness (QED) is 0.822. The van der Waals surface area contributed by atoms with Crippen LogP contribution in [0.5, 0.6) is 0 Å². The van der Waals surface area contributed by atoms with Crippen LogP contribution >= 0.6 is 0 Å². The van der Waals surface area contributed by atoms with Gasteiger partial charge in [0.1, 0.15) is 4.90 Å². The Balaban J connectivity index is 2.94. The first-order valence-corrected chi connectivity index (χ1v) is 6.75. The highest BCUT2D eigenvalue weighted by molar-refractivity contribution is 7.90. The largest absolute Gasteiger partial charge is 0.326 e. The van der Waals surface area contributed by atoms with Crippen LogP contribution in [0.15, 0.2) is 17.3 Å². The molecule has 2 atom stereocenters. The molecule has 5 nitrogen and oxygen atoms in total. The summed E-state index contributed by atoms with van der Waals surface area (Å²) in [6.07, 6.45) is 4.87. The lowest BCUT2D eigenvalue weighted by Crippen LogP contribution is -2.29. The molecule has 1 aromatic heterocycles. The molecule has 0 saturated carbocycles. The van der Waals surface area contributed by atoms with Crippen molar-refractivity contribution in [1.29, 1.82) is 0 Å². The lowest BCUT2D eigenvalue weighted by Gasteiger charge is -2.18. The number of nitrogens with zero attached hydrogens (tertiary/aromatic N) is 2. The Kier molecular flexibility index (Phi) is 3.51. The Bertz CT molecular complexity index is 424. The van der Waals surface area contributed by atoms with Crippen LogP contribution in [0.1, 0.15) is 26.3 Å². The molecule has 0 aliphatic heterocycles. The fourth-order valence-corrected chi connectivity index (χ4v) is 1.81. The van der Waals surface area contributed by atoms with Gasteiger partial charge in [-0.2, -0.15) is 5.10 Å². The van der Waals surface area contributed by atoms with Gasteiger partial charge in [0.05, 0.1) is 12.2 Å². The molecule has 1 rings (SSSR count). The van der Waals surface area contributed by atoms with Crippen LogP contribution in [-0.2, 0) is 9.84 Å². The van der Waals surface area contributed by atoms with Crippen molar-refractivity contribution in [2.75, 3.05) is 6.26 Å². The van der Waals surface area contributed by atoms with Gasteiger partial charge in [0.2, 0.25) is 0 Å². The van der Waals surface area contributed by atoms with Gasteiger partial charge in [-0.1, -0.05) is 6.92 Å². The molecular formula is C9H17N3O2S. The minimum atomic E-state index is -3.17. The number of hydrogen-bond acceptors (Lipinski definition) is 4. The van der Waals surface area contributed by atoms with Crippen molar-refractivity contribution in [1.82, 2.24) is 9.78 Å². The number of rotatable bonds is 4. The first-order valence-electron chi connectivity index (χ1n) is 4.86. The van der Waals surface area contributed by atoms with Crippen LogP contribution in [0.3, 0.4) is 0 Å². The second-order valence-corrected chi connectivity index (χ2v) is 5.76. The highest BCUT2D eigenvalue weighted by Crippen LogP contribution is 2.14. The maximum atomic E-state index is 11.2. The second-order valence-electron chi connectivity index (χ2n) is 3.74. The van der Waals surface area contributed by atoms with Gasteiger partial charge in [0.25, 0.3) is 0 Å². The topological polar surface area (TPSA) is 78.0 Å². The molecule has 1 heterocycles. The molecule has 0 fully saturated rings. The van der Waals surface area contributed by atoms with E-state index in [9.17, 15) is 8.42 Å². The maximum Gasteiger partial charge on any atom is 0.178 e. The zero-order chi connectivity index (χ0) is 11.6. The van der Waals surface area contributed by atoms with Crippen LogP contribution < -0.4 is 5.73 Å². The van der Waals surface area contributed by atoms with E-state index in [0.29, 0.717) is 0 Å². The van der Waals surface area contributed by atoms with Crippen LogP contribution in [0.2, 0.25) is 0 Å². The van der Waals surface area contributed by atoms with E-state index in [-0.39, 0.29) is 17.0 Å². The smallest absolute Gasteiger partial charge is 0.178 e. The normalized spacial score (nSPS) is 16.3. The van der Waals surface area contributed by atoms with E-state index in [4.69, 9.17) is 5.73 Å². The van der Waals surface area contributed by atoms with Gasteiger partial charge in [-0.3, -0.25) is 4.68 Å². The number of nitrogens with two attached hydrogens (primary N) is 1. The molecule has 1 aromatic rings. The van der Waals surface area contributed by atoms with Crippen molar-refractivity contribution < 1.29 is 8.42 Å². The molecule has 0 aliphatic rings. The van der Waals surface area contributed by atoms with Gasteiger partial charge in [-0.25, -0.2) is 8.42 Å². The van der Waals surface area contributed by atoms with Crippen LogP contribution in [0.25, 0.3) is 0 Å². The summed E-state index contributed by atoms with van der Waals surface area (Å²) in [5, 5.41) is 4.01. The molecule has 0 radical (unpaired) electrons. The number of hydrogen-bond donors (Lipinski definition) is 1. The Morgan fingerprint density at radius 1 is 1.60 bits per heavy atom. The summed E-state index contributed by atoms with van der Waals surface area (Å²) in [5.41, 5.74) is 5.86. The molecule has 2 unspecified atom stereocenters. The van der Waals surface area contributed by atoms with E-state index in [1.807, 2.05) is 13.8 Å². The highest BCUT2D eigenvalue weighted by atomic mass is 32.2. The highest BCUT2D eigenvalue weighted by Gasteiger charge is 2.16. The zero-order valence-corrected chi connectivity index (χ0v) is 10.0. The third-order valence-electron chi connectivity index (χ3n) is 2.51. The molecule has 15 heavy (non-hydrogen) atoms. The minimum absolute atomic E-state index is 0.00509. The zero-order valence-electron chi connectivity index (χ0n) is 9.21. The molecule has 0 aliphatic carbocycles. The van der Waals surface area contributed by atoms with Crippen molar-refractivity contribution in [3.8, 4) is 0 Å². The van der Waals surface area contributed by atoms with E-state index >= 15 is 0 Å². The fraction of sp³-hybridized carbons (Fsp3) is 0.667. The molecule has 0 amide bonds. The lowest BCUT2D eigenvalue weighted by molar-refractivity contribution is 0.397. The van der Waals surface area contributed by atoms with Gasteiger partial charge in [-0.05, 0) is 13.3 Å². The molecular weight excluding hydrogens is 214 g/mol. The van der Waals surface area contributed by atoms with Gasteiger partial charge in [-0.15, -0.1) is 0 Å². The monoisotopic (exact) mass is 231 g/mol. The third-order valence-corrected chi connectivity index (χ3v) is 3.58. The maximum absolute atomic E-state index is 11.2. The predicted molar refractivity (Wildman–Crippen MR) is 58.3 cm³/mol. The summed E-state index contributed by atoms with van der Waals surface area (Å²) in [5.74, 6) is 0. The van der Waals surface area contributed by atoms with Crippen molar-refractivity contribution in [2.45, 2.75) is 37.2 Å². The fourth-order valence-electron chi connectivity index (χ4n) is 1.27. The first kappa shape index (κ1) is 12.2. The van der Waals surface area contributed by atoms with E-state index in [0.717, 1.165) is 6.42 Å². The summed E-state index contributed by atoms with van der Waals surface area (Å²) in [6, 6.07) is -0.0113. The van der Waals surface area contributed by atoms with Crippen LogP contribution in [-0.4, -0.2) is 30.5 Å². The molecule has 0 bridgehead atoms. The van der Waals surface area contributed by atoms with Gasteiger partial charge < -0.3 is 5.73 Å². The molecule has 0 aromatic carbocycles. The number of sulfone groups is 1. The lowest BCUT2D eigenvalue weighted by atomic mass is 10.1. The summed E-state index contributed by atoms with van der Waals surface area (Å²) < 4.78 is 24.0. The summed E-state index contributed by atoms with van der Waals surface area (Å²) >= 11 is 0. The average Bonchev–Trinajstić information content (AvgIpc) is 2.63. The minimum Gasteiger partial charge on any atom is -0.326 e. The van der Waals surface area contributed by atoms with Crippen molar-refractivity contribution >= 4 is 9.84 Å². The summed E-state index contributed by atoms with van der Waals surface area (Å²) in [4.78, 5) is 0.234. The Hall–Kier alpha value is -0.880. The SMILES string of the molecule is CCC(N)C(C)n1cc(S(C)(=O)=O)cn1. The van der Waals surface area contributed by atoms with Crippen molar-refractivity contribution in [2.24, 2.45) is 5.73 Å². The Morgan fingerprint density at radius 2 is 2.20 bits per heavy atom. The van der Waals surface area contributed by atoms with Gasteiger partial charge in [0, 0.05) is 18.5 Å². The summed E-state index contributed by atoms with van der Waals surface area (Å²) in [7, 11) is -3.17. The van der Waals surface area contributed by atoms with Gasteiger partial charge in [0.15, 0.2) is 9.84 Å². The van der Waals surface area contributed by atoms with Crippen molar-refractivity contribution in [3.05, 3.63) is 12.4 Å². The van der Waals surface area contributed by atoms with Gasteiger partial charge >= 0.3 is 0 Å². The number of aromatic nitrogens is 2. The molecule has 6 heteroatoms. The van der Waals surface area contributed by atoms with Crippen molar-refractivity contribution in [3.63, 3.8) is 0 Å². The van der Waals surface area contributed by atoms with E-state index < -0.39 is 9.84 Å². The third kappa shape index (κ3) is 2.79. The predicted octanol–water partition coefficient (Wildman–Crippen LogP) is 0.585. The Labute approximate surface area is 90.2 Å². The van der Waals surface area contributed by atoms with E-state index in [2.05, 4.69) is 5.10 Å². The van der Waals surface area contributed by atoms with Crippen LogP contribution in [0.4, 0.5) is 0 Å². The Morgan fingerprint density at radius 3 is 2.60 bits per heavy atom. The molecule has 0 spiro atoms. The first-order chi connectivity index (χ1) is 6.86. The molecule has 2 N–H and O–H groups in total.